The van der Waals surface area contributed by atoms with E-state index in [0.717, 1.165) is 44.9 Å². The molecule has 0 aromatic rings. The number of hydrogen-bond acceptors (Lipinski definition) is 3. The van der Waals surface area contributed by atoms with E-state index in [0.29, 0.717) is 6.42 Å². The molecule has 0 aliphatic heterocycles. The highest BCUT2D eigenvalue weighted by molar-refractivity contribution is 5.72. The summed E-state index contributed by atoms with van der Waals surface area (Å²) in [5.74, 6) is -0.891. The first kappa shape index (κ1) is 16.7. The maximum absolute atomic E-state index is 12.1. The van der Waals surface area contributed by atoms with E-state index in [9.17, 15) is 9.59 Å². The number of ether oxygens (including phenoxy) is 1. The van der Waals surface area contributed by atoms with Crippen molar-refractivity contribution in [2.45, 2.75) is 70.8 Å². The number of rotatable bonds is 9. The van der Waals surface area contributed by atoms with Crippen LogP contribution in [0, 0.1) is 5.92 Å². The monoisotopic (exact) mass is 282 g/mol. The average molecular weight is 282 g/mol. The zero-order valence-corrected chi connectivity index (χ0v) is 12.3. The first-order valence-electron chi connectivity index (χ1n) is 7.72. The number of unbranched alkanes of at least 4 members (excludes halogenated alkanes) is 2. The summed E-state index contributed by atoms with van der Waals surface area (Å²) < 4.78 is 5.52. The quantitative estimate of drug-likeness (QED) is 0.398. The van der Waals surface area contributed by atoms with Crippen molar-refractivity contribution in [3.63, 3.8) is 0 Å². The van der Waals surface area contributed by atoms with Crippen molar-refractivity contribution in [1.82, 2.24) is 0 Å². The number of carbonyl (C=O) groups is 2. The lowest BCUT2D eigenvalue weighted by molar-refractivity contribution is -0.152. The molecule has 0 amide bonds. The van der Waals surface area contributed by atoms with Gasteiger partial charge in [0.05, 0.1) is 5.92 Å². The molecule has 1 N–H and O–H groups in total. The van der Waals surface area contributed by atoms with Crippen LogP contribution in [-0.2, 0) is 14.3 Å². The zero-order valence-electron chi connectivity index (χ0n) is 12.3. The van der Waals surface area contributed by atoms with Gasteiger partial charge >= 0.3 is 11.9 Å². The van der Waals surface area contributed by atoms with Gasteiger partial charge in [0.25, 0.3) is 0 Å². The molecule has 1 aliphatic rings. The van der Waals surface area contributed by atoms with E-state index in [-0.39, 0.29) is 24.4 Å². The van der Waals surface area contributed by atoms with Gasteiger partial charge in [-0.1, -0.05) is 25.8 Å². The molecule has 0 fully saturated rings. The second-order valence-electron chi connectivity index (χ2n) is 5.43. The predicted octanol–water partition coefficient (Wildman–Crippen LogP) is 3.70. The molecule has 0 aromatic carbocycles. The third-order valence-electron chi connectivity index (χ3n) is 3.75. The molecule has 4 nitrogen and oxygen atoms in total. The summed E-state index contributed by atoms with van der Waals surface area (Å²) in [6.07, 6.45) is 11.3. The third kappa shape index (κ3) is 6.73. The second kappa shape index (κ2) is 9.56. The van der Waals surface area contributed by atoms with E-state index in [1.165, 1.54) is 0 Å². The van der Waals surface area contributed by atoms with Gasteiger partial charge in [-0.05, 0) is 44.6 Å². The minimum absolute atomic E-state index is 0.0442. The number of carboxylic acid groups (broad SMARTS) is 1. The predicted molar refractivity (Wildman–Crippen MR) is 77.4 cm³/mol. The van der Waals surface area contributed by atoms with Crippen LogP contribution in [0.15, 0.2) is 12.2 Å². The second-order valence-corrected chi connectivity index (χ2v) is 5.43. The van der Waals surface area contributed by atoms with E-state index in [4.69, 9.17) is 9.84 Å². The summed E-state index contributed by atoms with van der Waals surface area (Å²) in [6.45, 7) is 2.00. The van der Waals surface area contributed by atoms with Crippen molar-refractivity contribution in [3.05, 3.63) is 12.2 Å². The summed E-state index contributed by atoms with van der Waals surface area (Å²) in [4.78, 5) is 22.5. The number of aliphatic carboxylic acids is 1. The van der Waals surface area contributed by atoms with Gasteiger partial charge in [-0.15, -0.1) is 0 Å². The minimum atomic E-state index is -0.750. The molecule has 0 saturated carbocycles. The fourth-order valence-electron chi connectivity index (χ4n) is 2.46. The topological polar surface area (TPSA) is 63.6 Å². The Bertz CT molecular complexity index is 335. The summed E-state index contributed by atoms with van der Waals surface area (Å²) in [5.41, 5.74) is 0. The Labute approximate surface area is 121 Å². The summed E-state index contributed by atoms with van der Waals surface area (Å²) in [6, 6.07) is 0. The van der Waals surface area contributed by atoms with E-state index in [1.807, 2.05) is 13.0 Å². The Morgan fingerprint density at radius 1 is 1.35 bits per heavy atom. The first-order valence-corrected chi connectivity index (χ1v) is 7.72. The van der Waals surface area contributed by atoms with E-state index >= 15 is 0 Å². The van der Waals surface area contributed by atoms with Crippen LogP contribution in [0.2, 0.25) is 0 Å². The summed E-state index contributed by atoms with van der Waals surface area (Å²) in [5, 5.41) is 8.56. The van der Waals surface area contributed by atoms with Crippen LogP contribution in [0.4, 0.5) is 0 Å². The number of carbonyl (C=O) groups excluding carboxylic acids is 1. The molecular formula is C16H26O4. The molecule has 1 rings (SSSR count). The molecule has 2 unspecified atom stereocenters. The lowest BCUT2D eigenvalue weighted by atomic mass is 9.98. The van der Waals surface area contributed by atoms with Crippen LogP contribution in [0.25, 0.3) is 0 Å². The summed E-state index contributed by atoms with van der Waals surface area (Å²) in [7, 11) is 0. The number of carboxylic acids is 1. The molecule has 0 heterocycles. The highest BCUT2D eigenvalue weighted by Crippen LogP contribution is 2.20. The third-order valence-corrected chi connectivity index (χ3v) is 3.75. The molecule has 0 saturated heterocycles. The van der Waals surface area contributed by atoms with E-state index < -0.39 is 5.97 Å². The minimum Gasteiger partial charge on any atom is -0.481 e. The number of esters is 1. The van der Waals surface area contributed by atoms with Crippen molar-refractivity contribution in [2.24, 2.45) is 5.92 Å². The molecule has 0 bridgehead atoms. The maximum atomic E-state index is 12.1. The fourth-order valence-corrected chi connectivity index (χ4v) is 2.46. The molecule has 0 radical (unpaired) electrons. The Morgan fingerprint density at radius 3 is 2.75 bits per heavy atom. The highest BCUT2D eigenvalue weighted by Gasteiger charge is 2.21. The first-order chi connectivity index (χ1) is 9.63. The lowest BCUT2D eigenvalue weighted by Crippen LogP contribution is -2.24. The standard InChI is InChI=1S/C16H26O4/c1-2-13(9-5-3-8-12-15(17)18)16(19)20-14-10-6-4-7-11-14/h6,10,13-14H,2-5,7-9,11-12H2,1H3,(H,17,18). The van der Waals surface area contributed by atoms with Crippen LogP contribution in [-0.4, -0.2) is 23.1 Å². The van der Waals surface area contributed by atoms with Crippen molar-refractivity contribution in [2.75, 3.05) is 0 Å². The number of allylic oxidation sites excluding steroid dienone is 1. The van der Waals surface area contributed by atoms with E-state index in [1.54, 1.807) is 0 Å². The van der Waals surface area contributed by atoms with Crippen LogP contribution in [0.5, 0.6) is 0 Å². The maximum Gasteiger partial charge on any atom is 0.309 e. The molecule has 4 heteroatoms. The molecule has 1 aliphatic carbocycles. The zero-order chi connectivity index (χ0) is 14.8. The fraction of sp³-hybridized carbons (Fsp3) is 0.750. The number of hydrogen-bond donors (Lipinski definition) is 1. The van der Waals surface area contributed by atoms with Crippen molar-refractivity contribution >= 4 is 11.9 Å². The Balaban J connectivity index is 2.22. The Morgan fingerprint density at radius 2 is 2.15 bits per heavy atom. The van der Waals surface area contributed by atoms with Crippen molar-refractivity contribution in [1.29, 1.82) is 0 Å². The van der Waals surface area contributed by atoms with Crippen molar-refractivity contribution in [3.8, 4) is 0 Å². The largest absolute Gasteiger partial charge is 0.481 e. The molecule has 2 atom stereocenters. The van der Waals surface area contributed by atoms with Crippen LogP contribution < -0.4 is 0 Å². The van der Waals surface area contributed by atoms with E-state index in [2.05, 4.69) is 6.08 Å². The Hall–Kier alpha value is -1.32. The molecule has 0 spiro atoms. The summed E-state index contributed by atoms with van der Waals surface area (Å²) >= 11 is 0. The molecule has 0 aromatic heterocycles. The van der Waals surface area contributed by atoms with Crippen LogP contribution >= 0.6 is 0 Å². The highest BCUT2D eigenvalue weighted by atomic mass is 16.5. The normalized spacial score (nSPS) is 19.6. The molecule has 114 valence electrons. The van der Waals surface area contributed by atoms with Gasteiger partial charge < -0.3 is 9.84 Å². The van der Waals surface area contributed by atoms with Gasteiger partial charge in [0, 0.05) is 6.42 Å². The van der Waals surface area contributed by atoms with Gasteiger partial charge in [-0.2, -0.15) is 0 Å². The van der Waals surface area contributed by atoms with Gasteiger partial charge in [0.2, 0.25) is 0 Å². The SMILES string of the molecule is CCC(CCCCCC(=O)O)C(=O)OC1C=CCCC1. The van der Waals surface area contributed by atoms with Gasteiger partial charge in [0.15, 0.2) is 0 Å². The molecular weight excluding hydrogens is 256 g/mol. The lowest BCUT2D eigenvalue weighted by Gasteiger charge is -2.20. The molecule has 20 heavy (non-hydrogen) atoms. The van der Waals surface area contributed by atoms with Crippen LogP contribution in [0.3, 0.4) is 0 Å². The van der Waals surface area contributed by atoms with Gasteiger partial charge in [-0.3, -0.25) is 9.59 Å². The average Bonchev–Trinajstić information content (AvgIpc) is 2.43. The van der Waals surface area contributed by atoms with Crippen LogP contribution in [0.1, 0.15) is 64.7 Å². The smallest absolute Gasteiger partial charge is 0.309 e. The van der Waals surface area contributed by atoms with Gasteiger partial charge in [0.1, 0.15) is 6.10 Å². The van der Waals surface area contributed by atoms with Gasteiger partial charge in [-0.25, -0.2) is 0 Å². The van der Waals surface area contributed by atoms with Crippen molar-refractivity contribution < 1.29 is 19.4 Å². The Kier molecular flexibility index (Phi) is 8.00.